The smallest absolute Gasteiger partial charge is 0.326 e. The molecule has 0 aliphatic heterocycles. The minimum absolute atomic E-state index is 0.0874. The van der Waals surface area contributed by atoms with Crippen LogP contribution in [0.3, 0.4) is 0 Å². The summed E-state index contributed by atoms with van der Waals surface area (Å²) in [6.07, 6.45) is -2.51. The van der Waals surface area contributed by atoms with Gasteiger partial charge in [-0.05, 0) is 77.8 Å². The minimum atomic E-state index is -2.04. The molecule has 0 bridgehead atoms. The van der Waals surface area contributed by atoms with Gasteiger partial charge in [-0.15, -0.1) is 0 Å². The quantitative estimate of drug-likeness (QED) is 0.0421. The highest BCUT2D eigenvalue weighted by molar-refractivity contribution is 6.00. The number of carbonyl (C=O) groups is 13. The predicted octanol–water partition coefficient (Wildman–Crippen LogP) is 0.103. The van der Waals surface area contributed by atoms with Crippen molar-refractivity contribution in [1.82, 2.24) is 47.9 Å². The lowest BCUT2D eigenvalue weighted by Gasteiger charge is -2.31. The number of nitrogens with two attached hydrogens (primary N) is 2. The molecule has 14 atom stereocenters. The van der Waals surface area contributed by atoms with Crippen LogP contribution in [-0.2, 0) is 75.2 Å². The zero-order valence-electron chi connectivity index (χ0n) is 52.8. The van der Waals surface area contributed by atoms with Gasteiger partial charge in [-0.3, -0.25) is 57.5 Å². The van der Waals surface area contributed by atoms with E-state index in [2.05, 4.69) is 47.9 Å². The summed E-state index contributed by atoms with van der Waals surface area (Å²) >= 11 is 0. The molecule has 29 nitrogen and oxygen atoms in total. The number of phenols is 2. The predicted molar refractivity (Wildman–Crippen MR) is 327 cm³/mol. The van der Waals surface area contributed by atoms with E-state index in [0.29, 0.717) is 30.4 Å². The van der Waals surface area contributed by atoms with Gasteiger partial charge in [-0.2, -0.15) is 0 Å². The fourth-order valence-corrected chi connectivity index (χ4v) is 9.15. The van der Waals surface area contributed by atoms with Crippen LogP contribution < -0.4 is 59.3 Å². The number of hydrogen-bond donors (Lipinski definition) is 16. The number of nitrogens with one attached hydrogen (secondary N) is 9. The van der Waals surface area contributed by atoms with E-state index in [9.17, 15) is 87.9 Å². The Kier molecular flexibility index (Phi) is 32.5. The van der Waals surface area contributed by atoms with E-state index in [4.69, 9.17) is 11.5 Å². The Morgan fingerprint density at radius 1 is 0.400 bits per heavy atom. The molecule has 0 aromatic heterocycles. The van der Waals surface area contributed by atoms with Crippen LogP contribution in [-0.4, -0.2) is 163 Å². The molecule has 0 unspecified atom stereocenters. The fraction of sp³-hybridized carbons (Fsp3) is 0.590. The number of primary amides is 1. The van der Waals surface area contributed by atoms with Gasteiger partial charge >= 0.3 is 17.9 Å². The summed E-state index contributed by atoms with van der Waals surface area (Å²) in [6.45, 7) is 17.1. The summed E-state index contributed by atoms with van der Waals surface area (Å²) in [5.74, 6) is -17.4. The minimum Gasteiger partial charge on any atom is -0.508 e. The molecule has 2 aromatic rings. The number of phenolic OH excluding ortho intramolecular Hbond substituents is 2. The van der Waals surface area contributed by atoms with E-state index in [1.807, 2.05) is 13.8 Å². The molecule has 500 valence electrons. The summed E-state index contributed by atoms with van der Waals surface area (Å²) in [4.78, 5) is 176. The third-order valence-electron chi connectivity index (χ3n) is 15.6. The van der Waals surface area contributed by atoms with Gasteiger partial charge in [-0.1, -0.05) is 119 Å². The second-order valence-corrected chi connectivity index (χ2v) is 23.3. The average molecular weight is 1270 g/mol. The van der Waals surface area contributed by atoms with Crippen LogP contribution in [0.2, 0.25) is 0 Å². The van der Waals surface area contributed by atoms with Gasteiger partial charge in [0.15, 0.2) is 0 Å². The van der Waals surface area contributed by atoms with Crippen LogP contribution in [0.5, 0.6) is 11.5 Å². The largest absolute Gasteiger partial charge is 0.508 e. The molecule has 10 amide bonds. The van der Waals surface area contributed by atoms with E-state index in [1.165, 1.54) is 55.5 Å². The standard InChI is InChI=1S/C61H93N11O18/c1-11-31(7)48(63)57(85)71-51(34(10)14-4)60(88)72-50(33(9)13-3)59(87)67-40(26-35-15-19-37(73)20-16-35)53(81)64-39(23-24-45(62)75)52(80)65-41(27-36-17-21-38(74)22-18-36)56(84)70-49(32(8)12-2)58(86)68-43(29-47(78)79)54(82)66-42(28-46(76)77)55(83)69-44(61(89)90)25-30(5)6/h15-22,30-34,39-44,48-51,73-74H,11-14,23-29,63H2,1-10H3,(H2,62,75)(H,64,81)(H,65,80)(H,66,82)(H,67,87)(H,68,86)(H,69,83)(H,70,84)(H,71,85)(H,72,88)(H,76,77)(H,78,79)(H,89,90)/t31-,32-,33-,34-,39-,40-,41-,42-,43-,44-,48-,49-,50-,51-/m0/s1. The number of rotatable bonds is 40. The first-order valence-electron chi connectivity index (χ1n) is 30.2. The first kappa shape index (κ1) is 77.2. The molecule has 90 heavy (non-hydrogen) atoms. The van der Waals surface area contributed by atoms with E-state index < -0.39 is 181 Å². The van der Waals surface area contributed by atoms with Gasteiger partial charge in [0.1, 0.15) is 65.9 Å². The molecular weight excluding hydrogens is 1170 g/mol. The van der Waals surface area contributed by atoms with Crippen LogP contribution >= 0.6 is 0 Å². The highest BCUT2D eigenvalue weighted by atomic mass is 16.4. The van der Waals surface area contributed by atoms with Gasteiger partial charge in [0.05, 0.1) is 18.9 Å². The molecule has 0 radical (unpaired) electrons. The Morgan fingerprint density at radius 2 is 0.700 bits per heavy atom. The topological polar surface area (TPSA) is 483 Å². The van der Waals surface area contributed by atoms with Gasteiger partial charge in [0.2, 0.25) is 59.1 Å². The normalized spacial score (nSPS) is 15.9. The van der Waals surface area contributed by atoms with E-state index >= 15 is 0 Å². The van der Waals surface area contributed by atoms with Gasteiger partial charge < -0.3 is 84.9 Å². The molecule has 0 saturated carbocycles. The lowest BCUT2D eigenvalue weighted by molar-refractivity contribution is -0.145. The maximum absolute atomic E-state index is 14.7. The molecule has 0 fully saturated rings. The lowest BCUT2D eigenvalue weighted by atomic mass is 9.93. The van der Waals surface area contributed by atoms with Crippen molar-refractivity contribution in [3.05, 3.63) is 59.7 Å². The number of carboxylic acid groups (broad SMARTS) is 3. The number of aromatic hydroxyl groups is 2. The van der Waals surface area contributed by atoms with Crippen molar-refractivity contribution < 1.29 is 87.9 Å². The maximum atomic E-state index is 14.7. The molecule has 2 rings (SSSR count). The highest BCUT2D eigenvalue weighted by Crippen LogP contribution is 2.19. The number of carboxylic acids is 3. The summed E-state index contributed by atoms with van der Waals surface area (Å²) in [6, 6.07) is -4.57. The maximum Gasteiger partial charge on any atom is 0.326 e. The zero-order chi connectivity index (χ0) is 68.3. The van der Waals surface area contributed by atoms with Crippen LogP contribution in [0.1, 0.15) is 138 Å². The molecule has 0 heterocycles. The average Bonchev–Trinajstić information content (AvgIpc) is 1.21. The van der Waals surface area contributed by atoms with Crippen molar-refractivity contribution in [2.45, 2.75) is 200 Å². The number of benzene rings is 2. The van der Waals surface area contributed by atoms with Gasteiger partial charge in [0, 0.05) is 19.3 Å². The van der Waals surface area contributed by atoms with Crippen LogP contribution in [0.25, 0.3) is 0 Å². The molecule has 0 spiro atoms. The molecule has 2 aromatic carbocycles. The SMILES string of the molecule is CC[C@H](C)[C@H](N)C(=O)N[C@H](C(=O)N[C@H](C(=O)N[C@@H](Cc1ccc(O)cc1)C(=O)N[C@@H](CCC(N)=O)C(=O)N[C@@H](Cc1ccc(O)cc1)C(=O)N[C@H](C(=O)N[C@@H](CC(=O)O)C(=O)N[C@@H](CC(=O)O)C(=O)N[C@@H](CC(C)C)C(=O)O)[C@@H](C)CC)[C@@H](C)CC)[C@@H](C)CC. The van der Waals surface area contributed by atoms with Crippen molar-refractivity contribution in [3.8, 4) is 11.5 Å². The van der Waals surface area contributed by atoms with Gasteiger partial charge in [0.25, 0.3) is 0 Å². The van der Waals surface area contributed by atoms with E-state index in [0.717, 1.165) is 0 Å². The Hall–Kier alpha value is -8.89. The molecular formula is C61H93N11O18. The fourth-order valence-electron chi connectivity index (χ4n) is 9.15. The van der Waals surface area contributed by atoms with Crippen molar-refractivity contribution in [3.63, 3.8) is 0 Å². The van der Waals surface area contributed by atoms with Crippen molar-refractivity contribution in [2.75, 3.05) is 0 Å². The van der Waals surface area contributed by atoms with Gasteiger partial charge in [-0.25, -0.2) is 4.79 Å². The zero-order valence-corrected chi connectivity index (χ0v) is 52.8. The number of aliphatic carboxylic acids is 3. The van der Waals surface area contributed by atoms with Crippen LogP contribution in [0.15, 0.2) is 48.5 Å². The molecule has 0 aliphatic rings. The highest BCUT2D eigenvalue weighted by Gasteiger charge is 2.39. The lowest BCUT2D eigenvalue weighted by Crippen LogP contribution is -2.62. The summed E-state index contributed by atoms with van der Waals surface area (Å²) in [5, 5.41) is 71.6. The molecule has 18 N–H and O–H groups in total. The first-order valence-corrected chi connectivity index (χ1v) is 30.2. The Bertz CT molecular complexity index is 2800. The molecule has 29 heteroatoms. The monoisotopic (exact) mass is 1270 g/mol. The summed E-state index contributed by atoms with van der Waals surface area (Å²) in [5.41, 5.74) is 12.5. The number of carbonyl (C=O) groups excluding carboxylic acids is 10. The van der Waals surface area contributed by atoms with E-state index in [-0.39, 0.29) is 49.0 Å². The Morgan fingerprint density at radius 3 is 1.07 bits per heavy atom. The number of hydrogen-bond acceptors (Lipinski definition) is 16. The summed E-state index contributed by atoms with van der Waals surface area (Å²) in [7, 11) is 0. The Balaban J connectivity index is 2.66. The van der Waals surface area contributed by atoms with Crippen molar-refractivity contribution in [2.24, 2.45) is 41.1 Å². The first-order chi connectivity index (χ1) is 42.2. The molecule has 0 aliphatic carbocycles. The second kappa shape index (κ2) is 37.8. The van der Waals surface area contributed by atoms with E-state index in [1.54, 1.807) is 48.5 Å². The third kappa shape index (κ3) is 26.1. The summed E-state index contributed by atoms with van der Waals surface area (Å²) < 4.78 is 0. The Labute approximate surface area is 523 Å². The van der Waals surface area contributed by atoms with Crippen molar-refractivity contribution >= 4 is 77.0 Å². The van der Waals surface area contributed by atoms with Crippen molar-refractivity contribution in [1.29, 1.82) is 0 Å². The van der Waals surface area contributed by atoms with Crippen LogP contribution in [0.4, 0.5) is 0 Å². The molecule has 0 saturated heterocycles. The number of amides is 10. The van der Waals surface area contributed by atoms with Crippen LogP contribution in [0, 0.1) is 29.6 Å². The third-order valence-corrected chi connectivity index (χ3v) is 15.6. The second-order valence-electron chi connectivity index (χ2n) is 23.3.